The van der Waals surface area contributed by atoms with Crippen LogP contribution in [0.5, 0.6) is 0 Å². The molecule has 0 saturated heterocycles. The first kappa shape index (κ1) is 16.4. The number of carbonyl (C=O) groups is 1. The summed E-state index contributed by atoms with van der Waals surface area (Å²) in [7, 11) is 3.24. The van der Waals surface area contributed by atoms with Gasteiger partial charge in [0.25, 0.3) is 5.91 Å². The Morgan fingerprint density at radius 3 is 2.90 bits per heavy atom. The van der Waals surface area contributed by atoms with Crippen molar-refractivity contribution in [2.45, 2.75) is 26.3 Å². The van der Waals surface area contributed by atoms with Crippen LogP contribution in [-0.2, 0) is 4.74 Å². The summed E-state index contributed by atoms with van der Waals surface area (Å²) in [4.78, 5) is 17.9. The van der Waals surface area contributed by atoms with Crippen LogP contribution in [0.15, 0.2) is 12.3 Å². The fourth-order valence-corrected chi connectivity index (χ4v) is 1.73. The van der Waals surface area contributed by atoms with Crippen molar-refractivity contribution in [1.29, 1.82) is 0 Å². The van der Waals surface area contributed by atoms with E-state index in [2.05, 4.69) is 10.3 Å². The van der Waals surface area contributed by atoms with Crippen molar-refractivity contribution in [2.24, 2.45) is 0 Å². The van der Waals surface area contributed by atoms with E-state index in [0.29, 0.717) is 19.0 Å². The van der Waals surface area contributed by atoms with Crippen LogP contribution in [0.4, 0.5) is 10.2 Å². The number of hydrogen-bond acceptors (Lipinski definition) is 4. The second-order valence-electron chi connectivity index (χ2n) is 4.70. The molecule has 1 N–H and O–H groups in total. The lowest BCUT2D eigenvalue weighted by Crippen LogP contribution is -2.38. The molecule has 1 heterocycles. The van der Waals surface area contributed by atoms with Crippen molar-refractivity contribution in [3.8, 4) is 0 Å². The zero-order valence-corrected chi connectivity index (χ0v) is 12.4. The molecule has 0 radical (unpaired) electrons. The molecule has 5 nitrogen and oxygen atoms in total. The molecule has 0 aliphatic carbocycles. The number of aromatic nitrogens is 1. The number of pyridine rings is 1. The standard InChI is InChI=1S/C14H22FN3O2/c1-5-6-16-13-12(7-11(15)8-17-13)14(19)18(3)10(2)9-20-4/h7-8,10H,5-6,9H2,1-4H3,(H,16,17). The molecule has 0 saturated carbocycles. The predicted octanol–water partition coefficient (Wildman–Crippen LogP) is 2.15. The van der Waals surface area contributed by atoms with Crippen LogP contribution >= 0.6 is 0 Å². The molecule has 20 heavy (non-hydrogen) atoms. The first-order valence-electron chi connectivity index (χ1n) is 6.66. The number of hydrogen-bond donors (Lipinski definition) is 1. The number of carbonyl (C=O) groups excluding carboxylic acids is 1. The van der Waals surface area contributed by atoms with Gasteiger partial charge in [0, 0.05) is 20.7 Å². The number of likely N-dealkylation sites (N-methyl/N-ethyl adjacent to an activating group) is 1. The minimum absolute atomic E-state index is 0.102. The maximum absolute atomic E-state index is 13.4. The molecular weight excluding hydrogens is 261 g/mol. The highest BCUT2D eigenvalue weighted by atomic mass is 19.1. The van der Waals surface area contributed by atoms with Gasteiger partial charge in [-0.05, 0) is 19.4 Å². The van der Waals surface area contributed by atoms with E-state index < -0.39 is 5.82 Å². The third kappa shape index (κ3) is 4.16. The van der Waals surface area contributed by atoms with Crippen molar-refractivity contribution in [3.05, 3.63) is 23.6 Å². The third-order valence-electron chi connectivity index (χ3n) is 3.02. The highest BCUT2D eigenvalue weighted by molar-refractivity contribution is 5.98. The maximum atomic E-state index is 13.4. The molecule has 1 aromatic rings. The van der Waals surface area contributed by atoms with Crippen LogP contribution in [0.1, 0.15) is 30.6 Å². The Labute approximate surface area is 119 Å². The minimum atomic E-state index is -0.525. The molecule has 1 aromatic heterocycles. The fourth-order valence-electron chi connectivity index (χ4n) is 1.73. The molecule has 1 unspecified atom stereocenters. The molecule has 0 spiro atoms. The summed E-state index contributed by atoms with van der Waals surface area (Å²) in [6.07, 6.45) is 2.00. The molecule has 112 valence electrons. The normalized spacial score (nSPS) is 12.1. The van der Waals surface area contributed by atoms with Crippen LogP contribution in [0, 0.1) is 5.82 Å². The fraction of sp³-hybridized carbons (Fsp3) is 0.571. The number of amides is 1. The smallest absolute Gasteiger partial charge is 0.257 e. The van der Waals surface area contributed by atoms with Crippen LogP contribution in [0.2, 0.25) is 0 Å². The number of halogens is 1. The second kappa shape index (κ2) is 7.79. The largest absolute Gasteiger partial charge is 0.383 e. The van der Waals surface area contributed by atoms with E-state index in [4.69, 9.17) is 4.74 Å². The Morgan fingerprint density at radius 1 is 1.60 bits per heavy atom. The Bertz CT molecular complexity index is 454. The molecule has 6 heteroatoms. The van der Waals surface area contributed by atoms with Gasteiger partial charge < -0.3 is 15.0 Å². The van der Waals surface area contributed by atoms with Gasteiger partial charge in [0.15, 0.2) is 0 Å². The van der Waals surface area contributed by atoms with Crippen molar-refractivity contribution in [1.82, 2.24) is 9.88 Å². The number of rotatable bonds is 7. The molecule has 0 aliphatic rings. The Balaban J connectivity index is 2.97. The molecule has 0 aromatic carbocycles. The topological polar surface area (TPSA) is 54.5 Å². The molecular formula is C14H22FN3O2. The summed E-state index contributed by atoms with van der Waals surface area (Å²) in [5.74, 6) is -0.391. The highest BCUT2D eigenvalue weighted by Gasteiger charge is 2.21. The Hall–Kier alpha value is -1.69. The number of anilines is 1. The van der Waals surface area contributed by atoms with E-state index in [0.717, 1.165) is 12.6 Å². The molecule has 1 rings (SSSR count). The Kier molecular flexibility index (Phi) is 6.38. The number of ether oxygens (including phenoxy) is 1. The molecule has 1 atom stereocenters. The quantitative estimate of drug-likeness (QED) is 0.833. The highest BCUT2D eigenvalue weighted by Crippen LogP contribution is 2.17. The van der Waals surface area contributed by atoms with Gasteiger partial charge in [0.1, 0.15) is 11.6 Å². The zero-order valence-electron chi connectivity index (χ0n) is 12.4. The van der Waals surface area contributed by atoms with Crippen molar-refractivity contribution >= 4 is 11.7 Å². The van der Waals surface area contributed by atoms with E-state index in [1.807, 2.05) is 13.8 Å². The average molecular weight is 283 g/mol. The van der Waals surface area contributed by atoms with Crippen LogP contribution in [-0.4, -0.2) is 49.1 Å². The summed E-state index contributed by atoms with van der Waals surface area (Å²) >= 11 is 0. The van der Waals surface area contributed by atoms with Gasteiger partial charge in [0.2, 0.25) is 0 Å². The van der Waals surface area contributed by atoms with Gasteiger partial charge >= 0.3 is 0 Å². The van der Waals surface area contributed by atoms with Gasteiger partial charge in [-0.3, -0.25) is 4.79 Å². The molecule has 0 aliphatic heterocycles. The summed E-state index contributed by atoms with van der Waals surface area (Å²) in [5, 5.41) is 3.04. The SMILES string of the molecule is CCCNc1ncc(F)cc1C(=O)N(C)C(C)COC. The van der Waals surface area contributed by atoms with Crippen molar-refractivity contribution < 1.29 is 13.9 Å². The first-order valence-corrected chi connectivity index (χ1v) is 6.66. The summed E-state index contributed by atoms with van der Waals surface area (Å²) in [6.45, 7) is 4.97. The summed E-state index contributed by atoms with van der Waals surface area (Å²) < 4.78 is 18.4. The van der Waals surface area contributed by atoms with E-state index in [1.54, 1.807) is 14.2 Å². The van der Waals surface area contributed by atoms with Crippen molar-refractivity contribution in [3.63, 3.8) is 0 Å². The average Bonchev–Trinajstić information content (AvgIpc) is 2.44. The van der Waals surface area contributed by atoms with E-state index >= 15 is 0 Å². The van der Waals surface area contributed by atoms with E-state index in [-0.39, 0.29) is 17.5 Å². The lowest BCUT2D eigenvalue weighted by molar-refractivity contribution is 0.0633. The van der Waals surface area contributed by atoms with Gasteiger partial charge in [-0.1, -0.05) is 6.92 Å². The van der Waals surface area contributed by atoms with E-state index in [1.165, 1.54) is 11.0 Å². The summed E-state index contributed by atoms with van der Waals surface area (Å²) in [5.41, 5.74) is 0.240. The second-order valence-corrected chi connectivity index (χ2v) is 4.70. The minimum Gasteiger partial charge on any atom is -0.383 e. The van der Waals surface area contributed by atoms with Crippen molar-refractivity contribution in [2.75, 3.05) is 32.6 Å². The zero-order chi connectivity index (χ0) is 15.1. The van der Waals surface area contributed by atoms with Crippen LogP contribution in [0.3, 0.4) is 0 Å². The maximum Gasteiger partial charge on any atom is 0.257 e. The molecule has 0 bridgehead atoms. The predicted molar refractivity (Wildman–Crippen MR) is 76.4 cm³/mol. The number of nitrogens with one attached hydrogen (secondary N) is 1. The first-order chi connectivity index (χ1) is 9.51. The van der Waals surface area contributed by atoms with Gasteiger partial charge in [0.05, 0.1) is 24.4 Å². The summed E-state index contributed by atoms with van der Waals surface area (Å²) in [6, 6.07) is 1.11. The van der Waals surface area contributed by atoms with Gasteiger partial charge in [-0.25, -0.2) is 9.37 Å². The third-order valence-corrected chi connectivity index (χ3v) is 3.02. The lowest BCUT2D eigenvalue weighted by Gasteiger charge is -2.25. The van der Waals surface area contributed by atoms with Crippen LogP contribution < -0.4 is 5.32 Å². The van der Waals surface area contributed by atoms with Crippen LogP contribution in [0.25, 0.3) is 0 Å². The Morgan fingerprint density at radius 2 is 2.30 bits per heavy atom. The van der Waals surface area contributed by atoms with Gasteiger partial charge in [-0.2, -0.15) is 0 Å². The number of methoxy groups -OCH3 is 1. The van der Waals surface area contributed by atoms with E-state index in [9.17, 15) is 9.18 Å². The molecule has 0 fully saturated rings. The lowest BCUT2D eigenvalue weighted by atomic mass is 10.2. The van der Waals surface area contributed by atoms with Gasteiger partial charge in [-0.15, -0.1) is 0 Å². The molecule has 1 amide bonds. The monoisotopic (exact) mass is 283 g/mol. The number of nitrogens with zero attached hydrogens (tertiary/aromatic N) is 2.